The zero-order chi connectivity index (χ0) is 15.4. The Morgan fingerprint density at radius 3 is 2.86 bits per heavy atom. The van der Waals surface area contributed by atoms with E-state index in [-0.39, 0.29) is 5.91 Å². The van der Waals surface area contributed by atoms with E-state index in [9.17, 15) is 4.79 Å². The molecule has 0 radical (unpaired) electrons. The molecule has 21 heavy (non-hydrogen) atoms. The number of rotatable bonds is 5. The molecule has 0 bridgehead atoms. The summed E-state index contributed by atoms with van der Waals surface area (Å²) in [5.74, 6) is 1.49. The summed E-state index contributed by atoms with van der Waals surface area (Å²) >= 11 is 0. The molecule has 0 saturated carbocycles. The van der Waals surface area contributed by atoms with E-state index in [0.29, 0.717) is 31.5 Å². The number of hydrogen-bond acceptors (Lipinski definition) is 3. The van der Waals surface area contributed by atoms with Gasteiger partial charge in [0.15, 0.2) is 0 Å². The molecule has 0 aromatic heterocycles. The first-order chi connectivity index (χ1) is 10.0. The smallest absolute Gasteiger partial charge is 0.226 e. The Morgan fingerprint density at radius 2 is 2.19 bits per heavy atom. The highest BCUT2D eigenvalue weighted by atomic mass is 16.5. The Bertz CT molecular complexity index is 502. The molecule has 2 rings (SSSR count). The van der Waals surface area contributed by atoms with Crippen LogP contribution in [0.3, 0.4) is 0 Å². The molecule has 1 fully saturated rings. The Balaban J connectivity index is 1.83. The van der Waals surface area contributed by atoms with Gasteiger partial charge in [0.2, 0.25) is 5.91 Å². The number of nitrogens with zero attached hydrogens (tertiary/aromatic N) is 1. The highest BCUT2D eigenvalue weighted by Crippen LogP contribution is 2.23. The van der Waals surface area contributed by atoms with Crippen LogP contribution in [0, 0.1) is 19.8 Å². The zero-order valence-corrected chi connectivity index (χ0v) is 13.3. The molecule has 0 spiro atoms. The normalized spacial score (nSPS) is 21.6. The minimum Gasteiger partial charge on any atom is -0.493 e. The minimum atomic E-state index is 0.170. The summed E-state index contributed by atoms with van der Waals surface area (Å²) in [6, 6.07) is 6.42. The molecule has 1 amide bonds. The van der Waals surface area contributed by atoms with Gasteiger partial charge in [-0.2, -0.15) is 0 Å². The SMILES string of the molecule is Cc1ccc(C)c(OCCC(=O)N2CC(CN)CC2C)c1. The predicted molar refractivity (Wildman–Crippen MR) is 84.4 cm³/mol. The van der Waals surface area contributed by atoms with Crippen molar-refractivity contribution in [1.82, 2.24) is 4.90 Å². The number of amides is 1. The number of aryl methyl sites for hydroxylation is 2. The average molecular weight is 290 g/mol. The van der Waals surface area contributed by atoms with Crippen molar-refractivity contribution in [3.63, 3.8) is 0 Å². The van der Waals surface area contributed by atoms with E-state index in [1.165, 1.54) is 5.56 Å². The van der Waals surface area contributed by atoms with Gasteiger partial charge in [-0.1, -0.05) is 12.1 Å². The summed E-state index contributed by atoms with van der Waals surface area (Å²) in [4.78, 5) is 14.2. The van der Waals surface area contributed by atoms with Crippen LogP contribution in [0.4, 0.5) is 0 Å². The number of benzene rings is 1. The van der Waals surface area contributed by atoms with Crippen molar-refractivity contribution >= 4 is 5.91 Å². The molecule has 2 N–H and O–H groups in total. The number of nitrogens with two attached hydrogens (primary N) is 1. The molecule has 2 unspecified atom stereocenters. The van der Waals surface area contributed by atoms with E-state index in [1.54, 1.807) is 0 Å². The van der Waals surface area contributed by atoms with Gasteiger partial charge in [-0.15, -0.1) is 0 Å². The van der Waals surface area contributed by atoms with Crippen LogP contribution in [0.25, 0.3) is 0 Å². The van der Waals surface area contributed by atoms with Crippen LogP contribution in [-0.4, -0.2) is 36.5 Å². The van der Waals surface area contributed by atoms with Crippen LogP contribution in [0.15, 0.2) is 18.2 Å². The van der Waals surface area contributed by atoms with Crippen molar-refractivity contribution < 1.29 is 9.53 Å². The van der Waals surface area contributed by atoms with Gasteiger partial charge in [0.05, 0.1) is 13.0 Å². The van der Waals surface area contributed by atoms with Crippen LogP contribution in [0.1, 0.15) is 30.9 Å². The van der Waals surface area contributed by atoms with Crippen molar-refractivity contribution in [3.8, 4) is 5.75 Å². The lowest BCUT2D eigenvalue weighted by molar-refractivity contribution is -0.132. The van der Waals surface area contributed by atoms with Crippen molar-refractivity contribution in [2.75, 3.05) is 19.7 Å². The van der Waals surface area contributed by atoms with Gasteiger partial charge in [-0.05, 0) is 56.8 Å². The Hall–Kier alpha value is -1.55. The number of hydrogen-bond donors (Lipinski definition) is 1. The summed E-state index contributed by atoms with van der Waals surface area (Å²) in [5.41, 5.74) is 7.97. The molecular weight excluding hydrogens is 264 g/mol. The molecule has 2 atom stereocenters. The molecule has 4 nitrogen and oxygen atoms in total. The van der Waals surface area contributed by atoms with Crippen LogP contribution in [-0.2, 0) is 4.79 Å². The fourth-order valence-corrected chi connectivity index (χ4v) is 2.92. The standard InChI is InChI=1S/C17H26N2O2/c1-12-4-5-13(2)16(8-12)21-7-6-17(20)19-11-15(10-18)9-14(19)3/h4-5,8,14-15H,6-7,9-11,18H2,1-3H3. The highest BCUT2D eigenvalue weighted by molar-refractivity contribution is 5.77. The van der Waals surface area contributed by atoms with E-state index in [0.717, 1.165) is 24.3 Å². The topological polar surface area (TPSA) is 55.6 Å². The number of carbonyl (C=O) groups excluding carboxylic acids is 1. The summed E-state index contributed by atoms with van der Waals surface area (Å²) in [5, 5.41) is 0. The first kappa shape index (κ1) is 15.8. The van der Waals surface area contributed by atoms with Gasteiger partial charge >= 0.3 is 0 Å². The molecular formula is C17H26N2O2. The lowest BCUT2D eigenvalue weighted by Crippen LogP contribution is -2.35. The van der Waals surface area contributed by atoms with Crippen molar-refractivity contribution in [1.29, 1.82) is 0 Å². The lowest BCUT2D eigenvalue weighted by atomic mass is 10.1. The predicted octanol–water partition coefficient (Wildman–Crippen LogP) is 2.27. The van der Waals surface area contributed by atoms with Crippen LogP contribution < -0.4 is 10.5 Å². The van der Waals surface area contributed by atoms with E-state index in [1.807, 2.05) is 30.9 Å². The quantitative estimate of drug-likeness (QED) is 0.905. The first-order valence-electron chi connectivity index (χ1n) is 7.71. The van der Waals surface area contributed by atoms with Crippen LogP contribution in [0.5, 0.6) is 5.75 Å². The number of carbonyl (C=O) groups is 1. The molecule has 1 aliphatic heterocycles. The first-order valence-corrected chi connectivity index (χ1v) is 7.71. The maximum Gasteiger partial charge on any atom is 0.226 e. The fourth-order valence-electron chi connectivity index (χ4n) is 2.92. The van der Waals surface area contributed by atoms with Crippen molar-refractivity contribution in [2.24, 2.45) is 11.7 Å². The Morgan fingerprint density at radius 1 is 1.43 bits per heavy atom. The summed E-state index contributed by atoms with van der Waals surface area (Å²) in [7, 11) is 0. The molecule has 0 aliphatic carbocycles. The average Bonchev–Trinajstić information content (AvgIpc) is 2.84. The van der Waals surface area contributed by atoms with Gasteiger partial charge in [0.25, 0.3) is 0 Å². The highest BCUT2D eigenvalue weighted by Gasteiger charge is 2.31. The Kier molecular flexibility index (Phi) is 5.23. The zero-order valence-electron chi connectivity index (χ0n) is 13.3. The lowest BCUT2D eigenvalue weighted by Gasteiger charge is -2.21. The third-order valence-corrected chi connectivity index (χ3v) is 4.23. The van der Waals surface area contributed by atoms with Gasteiger partial charge < -0.3 is 15.4 Å². The largest absolute Gasteiger partial charge is 0.493 e. The van der Waals surface area contributed by atoms with Gasteiger partial charge in [0.1, 0.15) is 5.75 Å². The molecule has 1 saturated heterocycles. The molecule has 1 heterocycles. The summed E-state index contributed by atoms with van der Waals surface area (Å²) < 4.78 is 5.76. The molecule has 1 aromatic rings. The minimum absolute atomic E-state index is 0.170. The molecule has 116 valence electrons. The third kappa shape index (κ3) is 3.97. The van der Waals surface area contributed by atoms with Crippen molar-refractivity contribution in [3.05, 3.63) is 29.3 Å². The van der Waals surface area contributed by atoms with E-state index in [4.69, 9.17) is 10.5 Å². The van der Waals surface area contributed by atoms with E-state index in [2.05, 4.69) is 13.0 Å². The fraction of sp³-hybridized carbons (Fsp3) is 0.588. The van der Waals surface area contributed by atoms with Gasteiger partial charge in [-0.25, -0.2) is 0 Å². The maximum absolute atomic E-state index is 12.3. The van der Waals surface area contributed by atoms with Crippen molar-refractivity contribution in [2.45, 2.75) is 39.7 Å². The second kappa shape index (κ2) is 6.94. The van der Waals surface area contributed by atoms with Gasteiger partial charge in [-0.3, -0.25) is 4.79 Å². The Labute approximate surface area is 127 Å². The van der Waals surface area contributed by atoms with E-state index >= 15 is 0 Å². The molecule has 4 heteroatoms. The monoisotopic (exact) mass is 290 g/mol. The van der Waals surface area contributed by atoms with E-state index < -0.39 is 0 Å². The molecule has 1 aliphatic rings. The maximum atomic E-state index is 12.3. The third-order valence-electron chi connectivity index (χ3n) is 4.23. The van der Waals surface area contributed by atoms with Gasteiger partial charge in [0, 0.05) is 12.6 Å². The molecule has 1 aromatic carbocycles. The second-order valence-electron chi connectivity index (χ2n) is 6.10. The summed E-state index contributed by atoms with van der Waals surface area (Å²) in [6.07, 6.45) is 1.44. The second-order valence-corrected chi connectivity index (χ2v) is 6.10. The number of ether oxygens (including phenoxy) is 1. The number of likely N-dealkylation sites (tertiary alicyclic amines) is 1. The van der Waals surface area contributed by atoms with Crippen LogP contribution >= 0.6 is 0 Å². The summed E-state index contributed by atoms with van der Waals surface area (Å²) in [6.45, 7) is 8.03. The van der Waals surface area contributed by atoms with Crippen LogP contribution in [0.2, 0.25) is 0 Å².